The van der Waals surface area contributed by atoms with Crippen LogP contribution in [0.4, 0.5) is 4.79 Å². The first-order valence-electron chi connectivity index (χ1n) is 8.33. The average Bonchev–Trinajstić information content (AvgIpc) is 2.87. The van der Waals surface area contributed by atoms with E-state index in [2.05, 4.69) is 5.32 Å². The molecule has 0 aromatic heterocycles. The Morgan fingerprint density at radius 1 is 1.23 bits per heavy atom. The Labute approximate surface area is 152 Å². The van der Waals surface area contributed by atoms with E-state index in [0.717, 1.165) is 10.5 Å². The summed E-state index contributed by atoms with van der Waals surface area (Å²) in [5.41, 5.74) is 0.283. The number of nitrogens with one attached hydrogen (secondary N) is 1. The summed E-state index contributed by atoms with van der Waals surface area (Å²) in [6.07, 6.45) is 0.346. The Balaban J connectivity index is 2.23. The lowest BCUT2D eigenvalue weighted by atomic mass is 9.86. The van der Waals surface area contributed by atoms with Gasteiger partial charge in [-0.2, -0.15) is 0 Å². The Morgan fingerprint density at radius 3 is 2.54 bits per heavy atom. The van der Waals surface area contributed by atoms with Gasteiger partial charge in [-0.1, -0.05) is 13.0 Å². The van der Waals surface area contributed by atoms with Crippen molar-refractivity contribution in [2.24, 2.45) is 0 Å². The van der Waals surface area contributed by atoms with E-state index in [0.29, 0.717) is 17.7 Å². The summed E-state index contributed by atoms with van der Waals surface area (Å²) in [5, 5.41) is 2.73. The van der Waals surface area contributed by atoms with Crippen molar-refractivity contribution >= 4 is 17.9 Å². The molecule has 8 nitrogen and oxygen atoms in total. The fourth-order valence-corrected chi connectivity index (χ4v) is 2.97. The highest BCUT2D eigenvalue weighted by Gasteiger charge is 2.51. The molecule has 0 radical (unpaired) electrons. The van der Waals surface area contributed by atoms with E-state index in [1.165, 1.54) is 7.11 Å². The van der Waals surface area contributed by atoms with Crippen LogP contribution in [0, 0.1) is 6.92 Å². The number of rotatable bonds is 8. The summed E-state index contributed by atoms with van der Waals surface area (Å²) in [6.45, 7) is 3.53. The largest absolute Gasteiger partial charge is 0.496 e. The second-order valence-electron chi connectivity index (χ2n) is 5.98. The third-order valence-corrected chi connectivity index (χ3v) is 4.43. The highest BCUT2D eigenvalue weighted by atomic mass is 16.6. The molecule has 1 heterocycles. The van der Waals surface area contributed by atoms with Gasteiger partial charge >= 0.3 is 12.0 Å². The van der Waals surface area contributed by atoms with Gasteiger partial charge in [0.15, 0.2) is 0 Å². The third-order valence-electron chi connectivity index (χ3n) is 4.43. The molecule has 142 valence electrons. The number of carbonyl (C=O) groups is 3. The Hall–Kier alpha value is -2.61. The molecule has 0 bridgehead atoms. The van der Waals surface area contributed by atoms with Crippen molar-refractivity contribution in [1.82, 2.24) is 10.2 Å². The normalized spacial score (nSPS) is 19.5. The summed E-state index contributed by atoms with van der Waals surface area (Å²) in [4.78, 5) is 38.1. The summed E-state index contributed by atoms with van der Waals surface area (Å²) in [5.74, 6) is -0.447. The Kier molecular flexibility index (Phi) is 6.20. The Bertz CT molecular complexity index is 705. The van der Waals surface area contributed by atoms with Crippen molar-refractivity contribution in [1.29, 1.82) is 0 Å². The quantitative estimate of drug-likeness (QED) is 0.425. The van der Waals surface area contributed by atoms with Crippen LogP contribution >= 0.6 is 0 Å². The van der Waals surface area contributed by atoms with E-state index in [9.17, 15) is 14.4 Å². The van der Waals surface area contributed by atoms with Gasteiger partial charge in [-0.15, -0.1) is 0 Å². The minimum absolute atomic E-state index is 0.0651. The van der Waals surface area contributed by atoms with Gasteiger partial charge in [-0.3, -0.25) is 14.5 Å². The fraction of sp³-hybridized carbons (Fsp3) is 0.500. The molecule has 3 amide bonds. The van der Waals surface area contributed by atoms with Crippen LogP contribution in [0.15, 0.2) is 18.2 Å². The summed E-state index contributed by atoms with van der Waals surface area (Å²) in [7, 11) is 3.05. The second kappa shape index (κ2) is 8.18. The molecule has 1 aliphatic heterocycles. The molecule has 1 atom stereocenters. The third kappa shape index (κ3) is 3.65. The van der Waals surface area contributed by atoms with E-state index in [1.54, 1.807) is 32.2 Å². The zero-order valence-electron chi connectivity index (χ0n) is 15.5. The summed E-state index contributed by atoms with van der Waals surface area (Å²) >= 11 is 0. The molecule has 26 heavy (non-hydrogen) atoms. The summed E-state index contributed by atoms with van der Waals surface area (Å²) < 4.78 is 15.0. The van der Waals surface area contributed by atoms with Gasteiger partial charge in [-0.05, 0) is 36.6 Å². The van der Waals surface area contributed by atoms with Crippen molar-refractivity contribution < 1.29 is 28.6 Å². The van der Waals surface area contributed by atoms with Gasteiger partial charge in [0.1, 0.15) is 24.4 Å². The lowest BCUT2D eigenvalue weighted by Gasteiger charge is -2.26. The number of esters is 1. The molecule has 0 aliphatic carbocycles. The number of aryl methyl sites for hydroxylation is 1. The molecule has 0 spiro atoms. The molecule has 8 heteroatoms. The lowest BCUT2D eigenvalue weighted by Crippen LogP contribution is -2.44. The molecule has 2 rings (SSSR count). The first-order valence-corrected chi connectivity index (χ1v) is 8.33. The average molecular weight is 364 g/mol. The fourth-order valence-electron chi connectivity index (χ4n) is 2.97. The van der Waals surface area contributed by atoms with E-state index in [4.69, 9.17) is 14.2 Å². The predicted octanol–water partition coefficient (Wildman–Crippen LogP) is 1.35. The first-order chi connectivity index (χ1) is 12.4. The number of carbonyl (C=O) groups excluding carboxylic acids is 3. The number of ether oxygens (including phenoxy) is 3. The maximum Gasteiger partial charge on any atom is 0.326 e. The van der Waals surface area contributed by atoms with Crippen LogP contribution < -0.4 is 10.1 Å². The van der Waals surface area contributed by atoms with Gasteiger partial charge in [0, 0.05) is 7.11 Å². The van der Waals surface area contributed by atoms with Crippen LogP contribution in [0.1, 0.15) is 24.5 Å². The van der Waals surface area contributed by atoms with Crippen molar-refractivity contribution in [2.75, 3.05) is 34.0 Å². The van der Waals surface area contributed by atoms with Crippen LogP contribution in [0.3, 0.4) is 0 Å². The molecule has 1 saturated heterocycles. The zero-order chi connectivity index (χ0) is 19.3. The van der Waals surface area contributed by atoms with Crippen molar-refractivity contribution in [3.63, 3.8) is 0 Å². The summed E-state index contributed by atoms with van der Waals surface area (Å²) in [6, 6.07) is 4.69. The van der Waals surface area contributed by atoms with Crippen LogP contribution in [-0.2, 0) is 24.6 Å². The van der Waals surface area contributed by atoms with Gasteiger partial charge in [-0.25, -0.2) is 4.79 Å². The molecule has 1 aromatic carbocycles. The number of hydrogen-bond donors (Lipinski definition) is 1. The number of imide groups is 1. The Morgan fingerprint density at radius 2 is 1.96 bits per heavy atom. The number of hydrogen-bond acceptors (Lipinski definition) is 6. The smallest absolute Gasteiger partial charge is 0.326 e. The SMILES string of the molecule is CCC1(c2ccc(OC)c(C)c2)NC(=O)N(CC(=O)OCCOC)C1=O. The molecule has 0 saturated carbocycles. The van der Waals surface area contributed by atoms with E-state index in [1.807, 2.05) is 6.92 Å². The van der Waals surface area contributed by atoms with E-state index < -0.39 is 30.0 Å². The maximum absolute atomic E-state index is 13.0. The number of methoxy groups -OCH3 is 2. The van der Waals surface area contributed by atoms with Crippen molar-refractivity contribution in [3.05, 3.63) is 29.3 Å². The minimum Gasteiger partial charge on any atom is -0.496 e. The topological polar surface area (TPSA) is 94.2 Å². The first kappa shape index (κ1) is 19.7. The van der Waals surface area contributed by atoms with Crippen molar-refractivity contribution in [3.8, 4) is 5.75 Å². The van der Waals surface area contributed by atoms with Gasteiger partial charge in [0.25, 0.3) is 5.91 Å². The van der Waals surface area contributed by atoms with Crippen LogP contribution in [0.25, 0.3) is 0 Å². The van der Waals surface area contributed by atoms with Gasteiger partial charge in [0.05, 0.1) is 13.7 Å². The molecular weight excluding hydrogens is 340 g/mol. The minimum atomic E-state index is -1.21. The molecular formula is C18H24N2O6. The number of nitrogens with zero attached hydrogens (tertiary/aromatic N) is 1. The van der Waals surface area contributed by atoms with Crippen LogP contribution in [-0.4, -0.2) is 56.8 Å². The van der Waals surface area contributed by atoms with Crippen LogP contribution in [0.2, 0.25) is 0 Å². The predicted molar refractivity (Wildman–Crippen MR) is 92.8 cm³/mol. The van der Waals surface area contributed by atoms with Gasteiger partial charge in [0.2, 0.25) is 0 Å². The zero-order valence-corrected chi connectivity index (χ0v) is 15.5. The lowest BCUT2D eigenvalue weighted by molar-refractivity contribution is -0.148. The maximum atomic E-state index is 13.0. The molecule has 1 unspecified atom stereocenters. The van der Waals surface area contributed by atoms with Crippen molar-refractivity contribution in [2.45, 2.75) is 25.8 Å². The molecule has 1 aromatic rings. The standard InChI is InChI=1S/C18H24N2O6/c1-5-18(13-6-7-14(25-4)12(2)10-13)16(22)20(17(23)19-18)11-15(21)26-9-8-24-3/h6-7,10H,5,8-9,11H2,1-4H3,(H,19,23). The number of urea groups is 1. The highest BCUT2D eigenvalue weighted by molar-refractivity contribution is 6.09. The van der Waals surface area contributed by atoms with Gasteiger partial charge < -0.3 is 19.5 Å². The number of amides is 3. The molecule has 1 N–H and O–H groups in total. The van der Waals surface area contributed by atoms with E-state index in [-0.39, 0.29) is 13.2 Å². The highest BCUT2D eigenvalue weighted by Crippen LogP contribution is 2.34. The molecule has 1 aliphatic rings. The molecule has 1 fully saturated rings. The van der Waals surface area contributed by atoms with Crippen LogP contribution in [0.5, 0.6) is 5.75 Å². The second-order valence-corrected chi connectivity index (χ2v) is 5.98. The monoisotopic (exact) mass is 364 g/mol. The number of benzene rings is 1. The van der Waals surface area contributed by atoms with E-state index >= 15 is 0 Å².